The molecule has 0 atom stereocenters. The molecule has 94 valence electrons. The van der Waals surface area contributed by atoms with E-state index in [0.29, 0.717) is 5.52 Å². The molecular formula is C12H9N5O2. The van der Waals surface area contributed by atoms with Gasteiger partial charge in [0.1, 0.15) is 11.2 Å². The molecule has 0 aliphatic heterocycles. The zero-order chi connectivity index (χ0) is 13.4. The van der Waals surface area contributed by atoms with Gasteiger partial charge >= 0.3 is 5.69 Å². The zero-order valence-corrected chi connectivity index (χ0v) is 9.72. The van der Waals surface area contributed by atoms with Crippen molar-refractivity contribution in [2.24, 2.45) is 0 Å². The molecule has 0 aliphatic rings. The number of hydrogen-bond acceptors (Lipinski definition) is 5. The van der Waals surface area contributed by atoms with Crippen LogP contribution >= 0.6 is 0 Å². The lowest BCUT2D eigenvalue weighted by Gasteiger charge is -1.96. The van der Waals surface area contributed by atoms with Crippen LogP contribution in [0, 0.1) is 10.1 Å². The maximum Gasteiger partial charge on any atom is 0.321 e. The molecule has 0 saturated carbocycles. The molecule has 7 heteroatoms. The van der Waals surface area contributed by atoms with Crippen LogP contribution in [-0.4, -0.2) is 19.9 Å². The topological polar surface area (TPSA) is 99.9 Å². The molecule has 2 N–H and O–H groups in total. The van der Waals surface area contributed by atoms with E-state index in [0.717, 1.165) is 5.69 Å². The van der Waals surface area contributed by atoms with E-state index in [1.165, 1.54) is 10.9 Å². The first-order valence-corrected chi connectivity index (χ1v) is 5.52. The summed E-state index contributed by atoms with van der Waals surface area (Å²) in [6.07, 6.45) is 0. The lowest BCUT2D eigenvalue weighted by molar-refractivity contribution is -0.382. The quantitative estimate of drug-likeness (QED) is 0.428. The van der Waals surface area contributed by atoms with Crippen molar-refractivity contribution in [3.8, 4) is 5.69 Å². The highest BCUT2D eigenvalue weighted by molar-refractivity contribution is 5.90. The van der Waals surface area contributed by atoms with Crippen LogP contribution in [0.25, 0.3) is 16.7 Å². The van der Waals surface area contributed by atoms with Crippen molar-refractivity contribution >= 4 is 22.4 Å². The van der Waals surface area contributed by atoms with Crippen molar-refractivity contribution < 1.29 is 4.92 Å². The van der Waals surface area contributed by atoms with Crippen LogP contribution in [0.1, 0.15) is 0 Å². The summed E-state index contributed by atoms with van der Waals surface area (Å²) in [5.74, 6) is 0. The van der Waals surface area contributed by atoms with Gasteiger partial charge in [-0.2, -0.15) is 4.80 Å². The van der Waals surface area contributed by atoms with Gasteiger partial charge in [0.2, 0.25) is 0 Å². The molecule has 0 fully saturated rings. The second-order valence-corrected chi connectivity index (χ2v) is 3.95. The van der Waals surface area contributed by atoms with Crippen LogP contribution in [0.3, 0.4) is 0 Å². The average Bonchev–Trinajstić information content (AvgIpc) is 2.83. The van der Waals surface area contributed by atoms with E-state index < -0.39 is 4.92 Å². The van der Waals surface area contributed by atoms with Gasteiger partial charge in [0.25, 0.3) is 0 Å². The smallest absolute Gasteiger partial charge is 0.321 e. The fourth-order valence-electron chi connectivity index (χ4n) is 1.85. The number of rotatable bonds is 2. The van der Waals surface area contributed by atoms with Gasteiger partial charge in [-0.15, -0.1) is 10.2 Å². The minimum atomic E-state index is -0.540. The minimum absolute atomic E-state index is 0.0811. The van der Waals surface area contributed by atoms with E-state index in [9.17, 15) is 10.1 Å². The van der Waals surface area contributed by atoms with E-state index in [2.05, 4.69) is 10.2 Å². The molecule has 0 aliphatic carbocycles. The van der Waals surface area contributed by atoms with Crippen molar-refractivity contribution in [1.29, 1.82) is 0 Å². The molecular weight excluding hydrogens is 246 g/mol. The molecule has 0 amide bonds. The Morgan fingerprint density at radius 2 is 1.84 bits per heavy atom. The highest BCUT2D eigenvalue weighted by Crippen LogP contribution is 2.29. The van der Waals surface area contributed by atoms with Crippen molar-refractivity contribution in [3.63, 3.8) is 0 Å². The van der Waals surface area contributed by atoms with Crippen LogP contribution < -0.4 is 5.73 Å². The summed E-state index contributed by atoms with van der Waals surface area (Å²) in [6.45, 7) is 0. The molecule has 0 spiro atoms. The summed E-state index contributed by atoms with van der Waals surface area (Å²) in [5.41, 5.74) is 6.84. The molecule has 3 aromatic rings. The number of anilines is 1. The molecule has 0 unspecified atom stereocenters. The Kier molecular flexibility index (Phi) is 2.38. The number of nitrogens with zero attached hydrogens (tertiary/aromatic N) is 4. The summed E-state index contributed by atoms with van der Waals surface area (Å²) in [5, 5.41) is 19.4. The number of hydrogen-bond donors (Lipinski definition) is 1. The van der Waals surface area contributed by atoms with E-state index in [-0.39, 0.29) is 16.9 Å². The summed E-state index contributed by atoms with van der Waals surface area (Å²) < 4.78 is 0. The summed E-state index contributed by atoms with van der Waals surface area (Å²) in [6, 6.07) is 12.3. The Bertz CT molecular complexity index is 766. The molecule has 19 heavy (non-hydrogen) atoms. The normalized spacial score (nSPS) is 10.7. The molecule has 0 bridgehead atoms. The van der Waals surface area contributed by atoms with E-state index in [4.69, 9.17) is 5.73 Å². The molecule has 0 radical (unpaired) electrons. The third kappa shape index (κ3) is 1.77. The zero-order valence-electron chi connectivity index (χ0n) is 9.72. The first-order chi connectivity index (χ1) is 9.16. The van der Waals surface area contributed by atoms with Crippen molar-refractivity contribution in [2.75, 3.05) is 5.73 Å². The summed E-state index contributed by atoms with van der Waals surface area (Å²) in [7, 11) is 0. The maximum atomic E-state index is 11.0. The molecule has 3 rings (SSSR count). The molecule has 1 heterocycles. The Morgan fingerprint density at radius 3 is 2.53 bits per heavy atom. The van der Waals surface area contributed by atoms with Crippen LogP contribution in [0.4, 0.5) is 11.4 Å². The highest BCUT2D eigenvalue weighted by Gasteiger charge is 2.20. The van der Waals surface area contributed by atoms with Gasteiger partial charge in [-0.25, -0.2) is 0 Å². The predicted octanol–water partition coefficient (Wildman–Crippen LogP) is 1.91. The van der Waals surface area contributed by atoms with Crippen LogP contribution in [0.15, 0.2) is 42.5 Å². The number of nitrogens with two attached hydrogens (primary N) is 1. The standard InChI is InChI=1S/C12H9N5O2/c13-9-6-7-10-11(12(9)17(18)19)15-16(14-10)8-4-2-1-3-5-8/h1-7H,13H2. The molecule has 2 aromatic carbocycles. The van der Waals surface area contributed by atoms with Crippen molar-refractivity contribution in [3.05, 3.63) is 52.6 Å². The van der Waals surface area contributed by atoms with E-state index in [1.54, 1.807) is 6.07 Å². The Balaban J connectivity index is 2.27. The average molecular weight is 255 g/mol. The summed E-state index contributed by atoms with van der Waals surface area (Å²) >= 11 is 0. The van der Waals surface area contributed by atoms with Crippen molar-refractivity contribution in [2.45, 2.75) is 0 Å². The Labute approximate surface area is 107 Å². The Morgan fingerprint density at radius 1 is 1.11 bits per heavy atom. The van der Waals surface area contributed by atoms with Gasteiger partial charge in [-0.3, -0.25) is 10.1 Å². The van der Waals surface area contributed by atoms with E-state index in [1.807, 2.05) is 30.3 Å². The van der Waals surface area contributed by atoms with Crippen LogP contribution in [0.5, 0.6) is 0 Å². The SMILES string of the molecule is Nc1ccc2nn(-c3ccccc3)nc2c1[N+](=O)[O-]. The number of nitro benzene ring substituents is 1. The number of benzene rings is 2. The van der Waals surface area contributed by atoms with Gasteiger partial charge < -0.3 is 5.73 Å². The van der Waals surface area contributed by atoms with Crippen LogP contribution in [0.2, 0.25) is 0 Å². The molecule has 7 nitrogen and oxygen atoms in total. The predicted molar refractivity (Wildman–Crippen MR) is 69.9 cm³/mol. The number of para-hydroxylation sites is 1. The fourth-order valence-corrected chi connectivity index (χ4v) is 1.85. The second-order valence-electron chi connectivity index (χ2n) is 3.95. The van der Waals surface area contributed by atoms with Gasteiger partial charge in [0, 0.05) is 0 Å². The second kappa shape index (κ2) is 4.05. The first kappa shape index (κ1) is 11.1. The number of nitro groups is 1. The number of fused-ring (bicyclic) bond motifs is 1. The lowest BCUT2D eigenvalue weighted by Crippen LogP contribution is -1.98. The largest absolute Gasteiger partial charge is 0.393 e. The number of nitrogen functional groups attached to an aromatic ring is 1. The lowest BCUT2D eigenvalue weighted by atomic mass is 10.2. The molecule has 1 aromatic heterocycles. The van der Waals surface area contributed by atoms with E-state index >= 15 is 0 Å². The van der Waals surface area contributed by atoms with Gasteiger partial charge in [-0.1, -0.05) is 18.2 Å². The van der Waals surface area contributed by atoms with Gasteiger partial charge in [0.05, 0.1) is 10.6 Å². The third-order valence-corrected chi connectivity index (χ3v) is 2.73. The number of aromatic nitrogens is 3. The highest BCUT2D eigenvalue weighted by atomic mass is 16.6. The van der Waals surface area contributed by atoms with Gasteiger partial charge in [0.15, 0.2) is 5.52 Å². The fraction of sp³-hybridized carbons (Fsp3) is 0. The third-order valence-electron chi connectivity index (χ3n) is 2.73. The van der Waals surface area contributed by atoms with Gasteiger partial charge in [-0.05, 0) is 24.3 Å². The minimum Gasteiger partial charge on any atom is -0.393 e. The van der Waals surface area contributed by atoms with Crippen molar-refractivity contribution in [1.82, 2.24) is 15.0 Å². The maximum absolute atomic E-state index is 11.0. The summed E-state index contributed by atoms with van der Waals surface area (Å²) in [4.78, 5) is 11.8. The Hall–Kier alpha value is -2.96. The molecule has 0 saturated heterocycles. The van der Waals surface area contributed by atoms with Crippen LogP contribution in [-0.2, 0) is 0 Å². The first-order valence-electron chi connectivity index (χ1n) is 5.52. The monoisotopic (exact) mass is 255 g/mol.